The lowest BCUT2D eigenvalue weighted by atomic mass is 9.76. The standard InChI is InChI=1S/C23H28N2O/c26-18-23(13-11-19-7-2-1-3-8-19)12-6-14-25(17-23)16-20-15-24-22-10-5-4-9-21(20)22/h1-5,7-10,15,24,26H,6,11-14,16-18H2. The first-order valence-electron chi connectivity index (χ1n) is 9.70. The summed E-state index contributed by atoms with van der Waals surface area (Å²) in [6.07, 6.45) is 6.53. The van der Waals surface area contributed by atoms with Gasteiger partial charge >= 0.3 is 0 Å². The summed E-state index contributed by atoms with van der Waals surface area (Å²) in [7, 11) is 0. The number of nitrogens with one attached hydrogen (secondary N) is 1. The van der Waals surface area contributed by atoms with Crippen molar-refractivity contribution in [2.45, 2.75) is 32.2 Å². The van der Waals surface area contributed by atoms with E-state index in [1.807, 2.05) is 0 Å². The molecule has 1 unspecified atom stereocenters. The van der Waals surface area contributed by atoms with Crippen LogP contribution in [0.2, 0.25) is 0 Å². The summed E-state index contributed by atoms with van der Waals surface area (Å²) >= 11 is 0. The molecule has 0 aliphatic carbocycles. The van der Waals surface area contributed by atoms with Gasteiger partial charge in [0, 0.05) is 42.2 Å². The fourth-order valence-electron chi connectivity index (χ4n) is 4.41. The molecular weight excluding hydrogens is 320 g/mol. The largest absolute Gasteiger partial charge is 0.396 e. The van der Waals surface area contributed by atoms with E-state index in [2.05, 4.69) is 70.7 Å². The first-order chi connectivity index (χ1) is 12.8. The minimum atomic E-state index is 0.0280. The third kappa shape index (κ3) is 3.69. The number of para-hydroxylation sites is 1. The molecule has 1 fully saturated rings. The highest BCUT2D eigenvalue weighted by Gasteiger charge is 2.34. The molecule has 2 heterocycles. The van der Waals surface area contributed by atoms with Gasteiger partial charge in [-0.2, -0.15) is 0 Å². The van der Waals surface area contributed by atoms with Gasteiger partial charge in [-0.15, -0.1) is 0 Å². The maximum absolute atomic E-state index is 10.2. The predicted octanol–water partition coefficient (Wildman–Crippen LogP) is 4.38. The van der Waals surface area contributed by atoms with Gasteiger partial charge in [-0.1, -0.05) is 48.5 Å². The maximum atomic E-state index is 10.2. The van der Waals surface area contributed by atoms with Gasteiger partial charge in [-0.25, -0.2) is 0 Å². The number of hydrogen-bond donors (Lipinski definition) is 2. The van der Waals surface area contributed by atoms with Crippen molar-refractivity contribution in [1.82, 2.24) is 9.88 Å². The van der Waals surface area contributed by atoms with E-state index in [-0.39, 0.29) is 12.0 Å². The summed E-state index contributed by atoms with van der Waals surface area (Å²) in [5.41, 5.74) is 3.96. The van der Waals surface area contributed by atoms with E-state index in [9.17, 15) is 5.11 Å². The molecule has 4 rings (SSSR count). The van der Waals surface area contributed by atoms with Gasteiger partial charge in [0.25, 0.3) is 0 Å². The molecule has 1 aromatic heterocycles. The van der Waals surface area contributed by atoms with Crippen molar-refractivity contribution in [2.75, 3.05) is 19.7 Å². The van der Waals surface area contributed by atoms with E-state index in [0.717, 1.165) is 45.3 Å². The van der Waals surface area contributed by atoms with Crippen LogP contribution in [0.15, 0.2) is 60.8 Å². The number of aryl methyl sites for hydroxylation is 1. The summed E-state index contributed by atoms with van der Waals surface area (Å²) in [5.74, 6) is 0. The molecule has 3 nitrogen and oxygen atoms in total. The van der Waals surface area contributed by atoms with Crippen LogP contribution in [0.1, 0.15) is 30.4 Å². The predicted molar refractivity (Wildman–Crippen MR) is 107 cm³/mol. The van der Waals surface area contributed by atoms with Gasteiger partial charge in [0.05, 0.1) is 0 Å². The molecule has 26 heavy (non-hydrogen) atoms. The minimum Gasteiger partial charge on any atom is -0.396 e. The number of fused-ring (bicyclic) bond motifs is 1. The number of nitrogens with zero attached hydrogens (tertiary/aromatic N) is 1. The van der Waals surface area contributed by atoms with Gasteiger partial charge in [-0.3, -0.25) is 4.90 Å². The topological polar surface area (TPSA) is 39.3 Å². The summed E-state index contributed by atoms with van der Waals surface area (Å²) < 4.78 is 0. The van der Waals surface area contributed by atoms with Gasteiger partial charge in [0.2, 0.25) is 0 Å². The number of rotatable bonds is 6. The maximum Gasteiger partial charge on any atom is 0.0499 e. The number of aliphatic hydroxyl groups is 1. The Hall–Kier alpha value is -2.10. The molecule has 0 amide bonds. The molecule has 2 aromatic carbocycles. The number of hydrogen-bond acceptors (Lipinski definition) is 2. The Balaban J connectivity index is 1.45. The number of H-pyrrole nitrogens is 1. The molecule has 3 aromatic rings. The van der Waals surface area contributed by atoms with Crippen LogP contribution in [-0.4, -0.2) is 34.7 Å². The minimum absolute atomic E-state index is 0.0280. The zero-order valence-electron chi connectivity index (χ0n) is 15.3. The van der Waals surface area contributed by atoms with Crippen molar-refractivity contribution in [3.8, 4) is 0 Å². The Bertz CT molecular complexity index is 842. The molecule has 0 radical (unpaired) electrons. The first kappa shape index (κ1) is 17.3. The lowest BCUT2D eigenvalue weighted by Gasteiger charge is -2.42. The fraction of sp³-hybridized carbons (Fsp3) is 0.391. The number of piperidine rings is 1. The van der Waals surface area contributed by atoms with Crippen LogP contribution in [-0.2, 0) is 13.0 Å². The van der Waals surface area contributed by atoms with E-state index < -0.39 is 0 Å². The monoisotopic (exact) mass is 348 g/mol. The van der Waals surface area contributed by atoms with Crippen molar-refractivity contribution in [3.05, 3.63) is 71.9 Å². The average Bonchev–Trinajstić information content (AvgIpc) is 3.10. The molecular formula is C23H28N2O. The summed E-state index contributed by atoms with van der Waals surface area (Å²) in [5, 5.41) is 11.5. The Morgan fingerprint density at radius 3 is 2.69 bits per heavy atom. The van der Waals surface area contributed by atoms with E-state index in [1.54, 1.807) is 0 Å². The van der Waals surface area contributed by atoms with Crippen LogP contribution >= 0.6 is 0 Å². The Labute approximate surface area is 155 Å². The molecule has 3 heteroatoms. The normalized spacial score (nSPS) is 21.3. The second kappa shape index (κ2) is 7.65. The van der Waals surface area contributed by atoms with Crippen LogP contribution in [0.3, 0.4) is 0 Å². The van der Waals surface area contributed by atoms with Gasteiger partial charge in [0.15, 0.2) is 0 Å². The quantitative estimate of drug-likeness (QED) is 0.694. The van der Waals surface area contributed by atoms with Crippen LogP contribution < -0.4 is 0 Å². The van der Waals surface area contributed by atoms with Crippen molar-refractivity contribution >= 4 is 10.9 Å². The molecule has 0 saturated carbocycles. The van der Waals surface area contributed by atoms with Crippen LogP contribution in [0.5, 0.6) is 0 Å². The fourth-order valence-corrected chi connectivity index (χ4v) is 4.41. The second-order valence-electron chi connectivity index (χ2n) is 7.82. The molecule has 1 atom stereocenters. The lowest BCUT2D eigenvalue weighted by Crippen LogP contribution is -2.45. The lowest BCUT2D eigenvalue weighted by molar-refractivity contribution is 0.0225. The first-order valence-corrected chi connectivity index (χ1v) is 9.70. The molecule has 1 saturated heterocycles. The molecule has 1 aliphatic rings. The van der Waals surface area contributed by atoms with E-state index in [1.165, 1.54) is 22.0 Å². The Kier molecular flexibility index (Phi) is 5.09. The van der Waals surface area contributed by atoms with Crippen LogP contribution in [0, 0.1) is 5.41 Å². The van der Waals surface area contributed by atoms with Crippen molar-refractivity contribution < 1.29 is 5.11 Å². The third-order valence-corrected chi connectivity index (χ3v) is 5.93. The second-order valence-corrected chi connectivity index (χ2v) is 7.82. The highest BCUT2D eigenvalue weighted by Crippen LogP contribution is 2.35. The SMILES string of the molecule is OCC1(CCc2ccccc2)CCCN(Cc2c[nH]c3ccccc23)C1. The molecule has 2 N–H and O–H groups in total. The van der Waals surface area contributed by atoms with Crippen molar-refractivity contribution in [2.24, 2.45) is 5.41 Å². The van der Waals surface area contributed by atoms with Gasteiger partial charge in [-0.05, 0) is 49.4 Å². The molecule has 136 valence electrons. The van der Waals surface area contributed by atoms with Gasteiger partial charge in [0.1, 0.15) is 0 Å². The summed E-state index contributed by atoms with van der Waals surface area (Å²) in [6.45, 7) is 3.34. The third-order valence-electron chi connectivity index (χ3n) is 5.93. The smallest absolute Gasteiger partial charge is 0.0499 e. The number of likely N-dealkylation sites (tertiary alicyclic amines) is 1. The number of benzene rings is 2. The van der Waals surface area contributed by atoms with E-state index in [0.29, 0.717) is 0 Å². The molecule has 0 bridgehead atoms. The highest BCUT2D eigenvalue weighted by atomic mass is 16.3. The van der Waals surface area contributed by atoms with Crippen LogP contribution in [0.4, 0.5) is 0 Å². The molecule has 1 aliphatic heterocycles. The number of aromatic nitrogens is 1. The highest BCUT2D eigenvalue weighted by molar-refractivity contribution is 5.82. The zero-order chi connectivity index (χ0) is 17.8. The van der Waals surface area contributed by atoms with Crippen molar-refractivity contribution in [3.63, 3.8) is 0 Å². The summed E-state index contributed by atoms with van der Waals surface area (Å²) in [4.78, 5) is 5.91. The van der Waals surface area contributed by atoms with Gasteiger partial charge < -0.3 is 10.1 Å². The number of aromatic amines is 1. The van der Waals surface area contributed by atoms with Crippen molar-refractivity contribution in [1.29, 1.82) is 0 Å². The van der Waals surface area contributed by atoms with Crippen LogP contribution in [0.25, 0.3) is 10.9 Å². The zero-order valence-corrected chi connectivity index (χ0v) is 15.3. The Morgan fingerprint density at radius 2 is 1.85 bits per heavy atom. The summed E-state index contributed by atoms with van der Waals surface area (Å²) in [6, 6.07) is 19.2. The van der Waals surface area contributed by atoms with E-state index >= 15 is 0 Å². The molecule has 0 spiro atoms. The number of aliphatic hydroxyl groups excluding tert-OH is 1. The van der Waals surface area contributed by atoms with E-state index in [4.69, 9.17) is 0 Å². The average molecular weight is 348 g/mol. The Morgan fingerprint density at radius 1 is 1.04 bits per heavy atom.